The van der Waals surface area contributed by atoms with Crippen molar-refractivity contribution < 1.29 is 9.53 Å². The maximum atomic E-state index is 9.92. The molecule has 0 amide bonds. The van der Waals surface area contributed by atoms with E-state index < -0.39 is 0 Å². The Morgan fingerprint density at radius 3 is 1.86 bits per heavy atom. The lowest BCUT2D eigenvalue weighted by atomic mass is 10.1. The van der Waals surface area contributed by atoms with Crippen molar-refractivity contribution >= 4 is 6.47 Å². The summed E-state index contributed by atoms with van der Waals surface area (Å²) in [6.07, 6.45) is 14.0. The van der Waals surface area contributed by atoms with Crippen LogP contribution in [-0.2, 0) is 9.53 Å². The number of carbonyl (C=O) groups is 1. The molecule has 2 nitrogen and oxygen atoms in total. The minimum Gasteiger partial charge on any atom is -0.468 e. The molecule has 0 radical (unpaired) electrons. The summed E-state index contributed by atoms with van der Waals surface area (Å²) >= 11 is 0. The van der Waals surface area contributed by atoms with Gasteiger partial charge in [0.2, 0.25) is 0 Å². The molecule has 0 N–H and O–H groups in total. The van der Waals surface area contributed by atoms with Gasteiger partial charge in [-0.15, -0.1) is 0 Å². The first kappa shape index (κ1) is 19.6. The SMILES string of the molecule is CCCCCCCC#CC#CCCCCCCCOC=O. The van der Waals surface area contributed by atoms with E-state index in [1.54, 1.807) is 0 Å². The van der Waals surface area contributed by atoms with Crippen LogP contribution in [-0.4, -0.2) is 13.1 Å². The van der Waals surface area contributed by atoms with Crippen LogP contribution in [0, 0.1) is 23.7 Å². The van der Waals surface area contributed by atoms with Crippen LogP contribution in [0.3, 0.4) is 0 Å². The number of unbranched alkanes of at least 4 members (excludes halogenated alkanes) is 10. The number of hydrogen-bond acceptors (Lipinski definition) is 2. The van der Waals surface area contributed by atoms with Crippen molar-refractivity contribution in [3.05, 3.63) is 0 Å². The summed E-state index contributed by atoms with van der Waals surface area (Å²) in [6.45, 7) is 3.30. The molecule has 0 atom stereocenters. The largest absolute Gasteiger partial charge is 0.468 e. The standard InChI is InChI=1S/C19H30O2/c1-2-3-4-5-6-7-8-9-10-11-12-13-14-15-16-17-18-21-19-20/h19H,2-7,12-18H2,1H3. The van der Waals surface area contributed by atoms with E-state index in [4.69, 9.17) is 0 Å². The molecule has 21 heavy (non-hydrogen) atoms. The molecule has 0 bridgehead atoms. The van der Waals surface area contributed by atoms with E-state index >= 15 is 0 Å². The Bertz CT molecular complexity index is 338. The van der Waals surface area contributed by atoms with Gasteiger partial charge >= 0.3 is 0 Å². The molecule has 0 aromatic rings. The molecule has 0 aliphatic carbocycles. The highest BCUT2D eigenvalue weighted by Gasteiger charge is 1.90. The quantitative estimate of drug-likeness (QED) is 0.275. The fourth-order valence-corrected chi connectivity index (χ4v) is 2.01. The summed E-state index contributed by atoms with van der Waals surface area (Å²) < 4.78 is 4.63. The second-order valence-corrected chi connectivity index (χ2v) is 5.25. The van der Waals surface area contributed by atoms with Gasteiger partial charge in [0.1, 0.15) is 0 Å². The van der Waals surface area contributed by atoms with Gasteiger partial charge in [-0.1, -0.05) is 63.7 Å². The fraction of sp³-hybridized carbons (Fsp3) is 0.737. The van der Waals surface area contributed by atoms with Gasteiger partial charge in [0.05, 0.1) is 6.61 Å². The zero-order chi connectivity index (χ0) is 15.4. The summed E-state index contributed by atoms with van der Waals surface area (Å²) in [6, 6.07) is 0. The van der Waals surface area contributed by atoms with Crippen LogP contribution in [0.4, 0.5) is 0 Å². The van der Waals surface area contributed by atoms with Gasteiger partial charge in [0.15, 0.2) is 0 Å². The van der Waals surface area contributed by atoms with E-state index in [0.717, 1.165) is 32.1 Å². The number of hydrogen-bond donors (Lipinski definition) is 0. The molecule has 0 saturated carbocycles. The Morgan fingerprint density at radius 2 is 1.29 bits per heavy atom. The lowest BCUT2D eigenvalue weighted by molar-refractivity contribution is -0.128. The predicted molar refractivity (Wildman–Crippen MR) is 88.6 cm³/mol. The summed E-state index contributed by atoms with van der Waals surface area (Å²) in [4.78, 5) is 9.92. The van der Waals surface area contributed by atoms with Gasteiger partial charge < -0.3 is 4.74 Å². The molecule has 2 heteroatoms. The topological polar surface area (TPSA) is 26.3 Å². The van der Waals surface area contributed by atoms with Crippen LogP contribution in [0.15, 0.2) is 0 Å². The van der Waals surface area contributed by atoms with Crippen LogP contribution in [0.1, 0.15) is 84.0 Å². The van der Waals surface area contributed by atoms with Gasteiger partial charge in [-0.25, -0.2) is 0 Å². The van der Waals surface area contributed by atoms with Crippen LogP contribution in [0.25, 0.3) is 0 Å². The molecular weight excluding hydrogens is 260 g/mol. The third-order valence-electron chi connectivity index (χ3n) is 3.28. The van der Waals surface area contributed by atoms with Crippen LogP contribution in [0.2, 0.25) is 0 Å². The zero-order valence-corrected chi connectivity index (χ0v) is 13.6. The maximum Gasteiger partial charge on any atom is 0.293 e. The monoisotopic (exact) mass is 290 g/mol. The molecule has 0 aromatic carbocycles. The molecule has 0 heterocycles. The molecule has 118 valence electrons. The van der Waals surface area contributed by atoms with E-state index in [1.807, 2.05) is 0 Å². The van der Waals surface area contributed by atoms with Crippen molar-refractivity contribution in [3.8, 4) is 23.7 Å². The highest BCUT2D eigenvalue weighted by Crippen LogP contribution is 2.05. The second kappa shape index (κ2) is 18.6. The molecule has 0 rings (SSSR count). The van der Waals surface area contributed by atoms with Crippen molar-refractivity contribution in [2.24, 2.45) is 0 Å². The van der Waals surface area contributed by atoms with Gasteiger partial charge in [-0.3, -0.25) is 4.79 Å². The second-order valence-electron chi connectivity index (χ2n) is 5.25. The van der Waals surface area contributed by atoms with Crippen LogP contribution < -0.4 is 0 Å². The molecule has 0 aromatic heterocycles. The van der Waals surface area contributed by atoms with Crippen LogP contribution in [0.5, 0.6) is 0 Å². The van der Waals surface area contributed by atoms with Crippen LogP contribution >= 0.6 is 0 Å². The van der Waals surface area contributed by atoms with E-state index in [9.17, 15) is 4.79 Å². The molecule has 0 spiro atoms. The van der Waals surface area contributed by atoms with Gasteiger partial charge in [0.25, 0.3) is 6.47 Å². The van der Waals surface area contributed by atoms with Gasteiger partial charge in [0, 0.05) is 12.8 Å². The molecular formula is C19H30O2. The first-order valence-electron chi connectivity index (χ1n) is 8.42. The van der Waals surface area contributed by atoms with Crippen molar-refractivity contribution in [2.45, 2.75) is 84.0 Å². The van der Waals surface area contributed by atoms with Crippen molar-refractivity contribution in [1.82, 2.24) is 0 Å². The van der Waals surface area contributed by atoms with E-state index in [0.29, 0.717) is 13.1 Å². The average Bonchev–Trinajstić information content (AvgIpc) is 2.50. The molecule has 0 saturated heterocycles. The minimum absolute atomic E-state index is 0.516. The summed E-state index contributed by atoms with van der Waals surface area (Å²) in [5.74, 6) is 12.1. The summed E-state index contributed by atoms with van der Waals surface area (Å²) in [7, 11) is 0. The first-order valence-corrected chi connectivity index (χ1v) is 8.42. The molecule has 0 unspecified atom stereocenters. The first-order chi connectivity index (χ1) is 10.4. The lowest BCUT2D eigenvalue weighted by Gasteiger charge is -1.98. The Morgan fingerprint density at radius 1 is 0.762 bits per heavy atom. The Labute approximate surface area is 131 Å². The fourth-order valence-electron chi connectivity index (χ4n) is 2.01. The normalized spacial score (nSPS) is 9.19. The summed E-state index contributed by atoms with van der Waals surface area (Å²) in [5.41, 5.74) is 0. The highest BCUT2D eigenvalue weighted by atomic mass is 16.5. The Balaban J connectivity index is 3.24. The number of carbonyl (C=O) groups excluding carboxylic acids is 1. The lowest BCUT2D eigenvalue weighted by Crippen LogP contribution is -1.91. The van der Waals surface area contributed by atoms with Gasteiger partial charge in [-0.2, -0.15) is 0 Å². The molecule has 0 aliphatic rings. The van der Waals surface area contributed by atoms with Gasteiger partial charge in [-0.05, 0) is 31.1 Å². The van der Waals surface area contributed by atoms with E-state index in [-0.39, 0.29) is 0 Å². The Kier molecular flexibility index (Phi) is 17.3. The summed E-state index contributed by atoms with van der Waals surface area (Å²) in [5, 5.41) is 0. The number of rotatable bonds is 13. The maximum absolute atomic E-state index is 9.92. The van der Waals surface area contributed by atoms with Crippen molar-refractivity contribution in [2.75, 3.05) is 6.61 Å². The zero-order valence-electron chi connectivity index (χ0n) is 13.6. The molecule has 0 aliphatic heterocycles. The Hall–Kier alpha value is -1.41. The van der Waals surface area contributed by atoms with E-state index in [1.165, 1.54) is 44.9 Å². The smallest absolute Gasteiger partial charge is 0.293 e. The third-order valence-corrected chi connectivity index (χ3v) is 3.28. The van der Waals surface area contributed by atoms with Crippen molar-refractivity contribution in [1.29, 1.82) is 0 Å². The molecule has 0 fully saturated rings. The van der Waals surface area contributed by atoms with E-state index in [2.05, 4.69) is 35.3 Å². The average molecular weight is 290 g/mol. The third kappa shape index (κ3) is 18.6. The highest BCUT2D eigenvalue weighted by molar-refractivity contribution is 5.36. The number of ether oxygens (including phenoxy) is 1. The minimum atomic E-state index is 0.516. The predicted octanol–water partition coefficient (Wildman–Crippen LogP) is 4.87. The van der Waals surface area contributed by atoms with Crippen molar-refractivity contribution in [3.63, 3.8) is 0 Å².